The zero-order valence-electron chi connectivity index (χ0n) is 20.6. The number of likely N-dealkylation sites (N-methyl/N-ethyl adjacent to an activating group) is 1. The molecule has 0 fully saturated rings. The van der Waals surface area contributed by atoms with Crippen molar-refractivity contribution in [2.45, 2.75) is 72.0 Å². The van der Waals surface area contributed by atoms with E-state index in [0.717, 1.165) is 30.0 Å². The maximum absolute atomic E-state index is 6.31. The highest BCUT2D eigenvalue weighted by Crippen LogP contribution is 2.32. The van der Waals surface area contributed by atoms with E-state index in [-0.39, 0.29) is 10.8 Å². The van der Waals surface area contributed by atoms with Gasteiger partial charge in [-0.15, -0.1) is 0 Å². The third kappa shape index (κ3) is 6.85. The summed E-state index contributed by atoms with van der Waals surface area (Å²) in [6, 6.07) is 15.6. The van der Waals surface area contributed by atoms with E-state index in [0.29, 0.717) is 0 Å². The Morgan fingerprint density at radius 1 is 0.900 bits per heavy atom. The smallest absolute Gasteiger partial charge is 0.229 e. The lowest BCUT2D eigenvalue weighted by Gasteiger charge is -2.25. The molecule has 0 radical (unpaired) electrons. The molecule has 0 N–H and O–H groups in total. The van der Waals surface area contributed by atoms with Crippen LogP contribution in [-0.4, -0.2) is 27.5 Å². The topological polar surface area (TPSA) is 12.5 Å². The van der Waals surface area contributed by atoms with Gasteiger partial charge in [-0.3, -0.25) is 4.90 Å². The Balaban J connectivity index is 2.14. The van der Waals surface area contributed by atoms with Gasteiger partial charge in [0.25, 0.3) is 0 Å². The minimum atomic E-state index is -1.21. The predicted molar refractivity (Wildman–Crippen MR) is 135 cm³/mol. The lowest BCUT2D eigenvalue weighted by Crippen LogP contribution is -2.21. The van der Waals surface area contributed by atoms with Gasteiger partial charge in [-0.05, 0) is 59.3 Å². The van der Waals surface area contributed by atoms with E-state index < -0.39 is 9.04 Å². The third-order valence-corrected chi connectivity index (χ3v) is 6.05. The largest absolute Gasteiger partial charge is 0.547 e. The summed E-state index contributed by atoms with van der Waals surface area (Å²) in [7, 11) is 0.950. The maximum Gasteiger partial charge on any atom is 0.229 e. The molecule has 0 saturated carbocycles. The average molecular weight is 424 g/mol. The van der Waals surface area contributed by atoms with Crippen LogP contribution in [0.4, 0.5) is 0 Å². The normalized spacial score (nSPS) is 12.5. The molecule has 3 heteroatoms. The van der Waals surface area contributed by atoms with Crippen LogP contribution in [0.15, 0.2) is 49.0 Å². The van der Waals surface area contributed by atoms with Crippen LogP contribution in [0.5, 0.6) is 5.75 Å². The summed E-state index contributed by atoms with van der Waals surface area (Å²) in [5.74, 6) is 0.997. The van der Waals surface area contributed by atoms with Crippen LogP contribution in [0.3, 0.4) is 0 Å². The summed E-state index contributed by atoms with van der Waals surface area (Å²) in [5, 5.41) is 0. The lowest BCUT2D eigenvalue weighted by molar-refractivity contribution is 0.368. The van der Waals surface area contributed by atoms with Crippen LogP contribution in [0.1, 0.15) is 63.8 Å². The van der Waals surface area contributed by atoms with E-state index in [9.17, 15) is 0 Å². The van der Waals surface area contributed by atoms with Crippen molar-refractivity contribution >= 4 is 14.6 Å². The van der Waals surface area contributed by atoms with Crippen LogP contribution < -0.4 is 4.43 Å². The Bertz CT molecular complexity index is 854. The Morgan fingerprint density at radius 2 is 1.43 bits per heavy atom. The summed E-state index contributed by atoms with van der Waals surface area (Å²) < 4.78 is 6.31. The molecule has 0 aliphatic heterocycles. The third-order valence-electron chi connectivity index (χ3n) is 5.32. The first-order chi connectivity index (χ1) is 13.8. The molecule has 2 nitrogen and oxygen atoms in total. The second-order valence-corrected chi connectivity index (χ2v) is 13.2. The van der Waals surface area contributed by atoms with E-state index in [1.165, 1.54) is 16.7 Å². The van der Waals surface area contributed by atoms with Crippen LogP contribution >= 0.6 is 0 Å². The molecule has 164 valence electrons. The molecule has 30 heavy (non-hydrogen) atoms. The number of rotatable bonds is 7. The number of benzene rings is 2. The summed E-state index contributed by atoms with van der Waals surface area (Å²) in [5.41, 5.74) is 6.54. The van der Waals surface area contributed by atoms with Gasteiger partial charge < -0.3 is 4.43 Å². The number of hydrogen-bond acceptors (Lipinski definition) is 2. The fraction of sp³-hybridized carbons (Fsp3) is 0.481. The van der Waals surface area contributed by atoms with Crippen LogP contribution in [-0.2, 0) is 17.4 Å². The first-order valence-electron chi connectivity index (χ1n) is 11.0. The van der Waals surface area contributed by atoms with Crippen LogP contribution in [0.25, 0.3) is 5.57 Å². The monoisotopic (exact) mass is 423 g/mol. The fourth-order valence-corrected chi connectivity index (χ4v) is 4.22. The molecule has 0 saturated heterocycles. The molecule has 0 aliphatic rings. The molecule has 0 heterocycles. The standard InChI is InChI=1S/C27H41NOSi/c1-20(18-28(8)19-21-11-13-22(14-12-21)26(2,3)4)24-16-15-23(27(5,6)7)17-25(24)29-30(9)10/h11-17,30H,1,18-19H2,2-10H3. The summed E-state index contributed by atoms with van der Waals surface area (Å²) >= 11 is 0. The quantitative estimate of drug-likeness (QED) is 0.455. The zero-order valence-corrected chi connectivity index (χ0v) is 21.8. The van der Waals surface area contributed by atoms with Crippen molar-refractivity contribution in [3.05, 3.63) is 71.3 Å². The van der Waals surface area contributed by atoms with E-state index >= 15 is 0 Å². The van der Waals surface area contributed by atoms with E-state index in [2.05, 4.69) is 116 Å². The first-order valence-corrected chi connectivity index (χ1v) is 13.8. The molecule has 0 atom stereocenters. The number of nitrogens with zero attached hydrogens (tertiary/aromatic N) is 1. The molecular weight excluding hydrogens is 382 g/mol. The Kier molecular flexibility index (Phi) is 7.76. The molecule has 0 bridgehead atoms. The van der Waals surface area contributed by atoms with E-state index in [1.54, 1.807) is 0 Å². The van der Waals surface area contributed by atoms with Gasteiger partial charge in [-0.2, -0.15) is 0 Å². The molecule has 0 amide bonds. The molecular formula is C27H41NOSi. The second-order valence-electron chi connectivity index (χ2n) is 10.9. The highest BCUT2D eigenvalue weighted by Gasteiger charge is 2.18. The van der Waals surface area contributed by atoms with Crippen molar-refractivity contribution in [3.8, 4) is 5.75 Å². The molecule has 0 unspecified atom stereocenters. The van der Waals surface area contributed by atoms with Gasteiger partial charge >= 0.3 is 0 Å². The average Bonchev–Trinajstić information content (AvgIpc) is 2.59. The Morgan fingerprint density at radius 3 is 1.93 bits per heavy atom. The summed E-state index contributed by atoms with van der Waals surface area (Å²) in [4.78, 5) is 2.32. The minimum absolute atomic E-state index is 0.104. The van der Waals surface area contributed by atoms with Crippen molar-refractivity contribution in [1.82, 2.24) is 4.90 Å². The van der Waals surface area contributed by atoms with Crippen molar-refractivity contribution in [3.63, 3.8) is 0 Å². The van der Waals surface area contributed by atoms with Gasteiger partial charge in [0.05, 0.1) is 0 Å². The van der Waals surface area contributed by atoms with Crippen molar-refractivity contribution in [2.75, 3.05) is 13.6 Å². The molecule has 2 rings (SSSR count). The maximum atomic E-state index is 6.31. The first kappa shape index (κ1) is 24.4. The van der Waals surface area contributed by atoms with Gasteiger partial charge in [0, 0.05) is 18.7 Å². The van der Waals surface area contributed by atoms with Gasteiger partial charge in [0.2, 0.25) is 9.04 Å². The van der Waals surface area contributed by atoms with Crippen LogP contribution in [0.2, 0.25) is 13.1 Å². The minimum Gasteiger partial charge on any atom is -0.547 e. The Hall–Kier alpha value is -1.84. The molecule has 0 aromatic heterocycles. The molecule has 2 aromatic rings. The predicted octanol–water partition coefficient (Wildman–Crippen LogP) is 6.79. The van der Waals surface area contributed by atoms with Gasteiger partial charge in [-0.1, -0.05) is 84.5 Å². The second kappa shape index (κ2) is 9.53. The fourth-order valence-electron chi connectivity index (χ4n) is 3.52. The van der Waals surface area contributed by atoms with Crippen molar-refractivity contribution in [1.29, 1.82) is 0 Å². The number of hydrogen-bond donors (Lipinski definition) is 0. The van der Waals surface area contributed by atoms with Gasteiger partial charge in [-0.25, -0.2) is 0 Å². The van der Waals surface area contributed by atoms with E-state index in [4.69, 9.17) is 4.43 Å². The molecule has 0 spiro atoms. The Labute approximate surface area is 186 Å². The van der Waals surface area contributed by atoms with Gasteiger partial charge in [0.1, 0.15) is 5.75 Å². The van der Waals surface area contributed by atoms with Gasteiger partial charge in [0.15, 0.2) is 0 Å². The highest BCUT2D eigenvalue weighted by molar-refractivity contribution is 6.49. The van der Waals surface area contributed by atoms with Crippen molar-refractivity contribution < 1.29 is 4.43 Å². The zero-order chi connectivity index (χ0) is 22.7. The van der Waals surface area contributed by atoms with E-state index in [1.807, 2.05) is 0 Å². The lowest BCUT2D eigenvalue weighted by atomic mass is 9.86. The molecule has 0 aliphatic carbocycles. The molecule has 2 aromatic carbocycles. The van der Waals surface area contributed by atoms with Crippen LogP contribution in [0, 0.1) is 0 Å². The SMILES string of the molecule is C=C(CN(C)Cc1ccc(C(C)(C)C)cc1)c1ccc(C(C)(C)C)cc1O[SiH](C)C. The summed E-state index contributed by atoms with van der Waals surface area (Å²) in [6.45, 7) is 24.0. The summed E-state index contributed by atoms with van der Waals surface area (Å²) in [6.07, 6.45) is 0. The van der Waals surface area contributed by atoms with Crippen molar-refractivity contribution in [2.24, 2.45) is 0 Å². The highest BCUT2D eigenvalue weighted by atomic mass is 28.3.